The van der Waals surface area contributed by atoms with Crippen LogP contribution >= 0.6 is 0 Å². The highest BCUT2D eigenvalue weighted by atomic mass is 16.5. The fraction of sp³-hybridized carbons (Fsp3) is 0.143. The van der Waals surface area contributed by atoms with Crippen LogP contribution in [-0.4, -0.2) is 32.4 Å². The zero-order valence-electron chi connectivity index (χ0n) is 11.1. The summed E-state index contributed by atoms with van der Waals surface area (Å²) in [4.78, 5) is 29.8. The van der Waals surface area contributed by atoms with Gasteiger partial charge in [-0.3, -0.25) is 9.78 Å². The van der Waals surface area contributed by atoms with Crippen molar-refractivity contribution >= 4 is 12.3 Å². The number of nitrogens with zero attached hydrogens (tertiary/aromatic N) is 2. The Labute approximate surface area is 119 Å². The molecule has 0 aliphatic carbocycles. The van der Waals surface area contributed by atoms with E-state index < -0.39 is 5.97 Å². The molecule has 0 unspecified atom stereocenters. The minimum absolute atomic E-state index is 0.0651. The Balaban J connectivity index is 2.27. The van der Waals surface area contributed by atoms with Crippen molar-refractivity contribution in [1.29, 1.82) is 0 Å². The van der Waals surface area contributed by atoms with Gasteiger partial charge in [-0.2, -0.15) is 0 Å². The number of hydrogen-bond donors (Lipinski definition) is 2. The molecule has 0 atom stereocenters. The molecule has 2 heterocycles. The van der Waals surface area contributed by atoms with Crippen LogP contribution in [0.5, 0.6) is 11.6 Å². The summed E-state index contributed by atoms with van der Waals surface area (Å²) < 4.78 is 5.32. The van der Waals surface area contributed by atoms with E-state index in [-0.39, 0.29) is 29.4 Å². The van der Waals surface area contributed by atoms with Crippen LogP contribution in [0.3, 0.4) is 0 Å². The molecule has 0 saturated heterocycles. The summed E-state index contributed by atoms with van der Waals surface area (Å²) in [6.07, 6.45) is 3.29. The quantitative estimate of drug-likeness (QED) is 0.804. The first-order valence-electron chi connectivity index (χ1n) is 5.98. The number of aldehydes is 1. The van der Waals surface area contributed by atoms with Gasteiger partial charge in [-0.1, -0.05) is 0 Å². The number of carboxylic acid groups (broad SMARTS) is 1. The number of hydrogen-bond acceptors (Lipinski definition) is 6. The minimum Gasteiger partial charge on any atom is -0.505 e. The van der Waals surface area contributed by atoms with Crippen molar-refractivity contribution in [3.8, 4) is 11.6 Å². The molecule has 0 radical (unpaired) electrons. The van der Waals surface area contributed by atoms with Crippen LogP contribution in [0.25, 0.3) is 0 Å². The number of aryl methyl sites for hydroxylation is 1. The average Bonchev–Trinajstić information content (AvgIpc) is 2.48. The van der Waals surface area contributed by atoms with Gasteiger partial charge in [-0.15, -0.1) is 0 Å². The Hall–Kier alpha value is -2.96. The first-order valence-corrected chi connectivity index (χ1v) is 5.98. The molecule has 108 valence electrons. The van der Waals surface area contributed by atoms with Crippen molar-refractivity contribution in [2.45, 2.75) is 13.5 Å². The number of carbonyl (C=O) groups excluding carboxylic acids is 1. The van der Waals surface area contributed by atoms with E-state index in [4.69, 9.17) is 9.84 Å². The second kappa shape index (κ2) is 6.00. The number of aromatic nitrogens is 2. The van der Waals surface area contributed by atoms with E-state index >= 15 is 0 Å². The topological polar surface area (TPSA) is 110 Å². The Kier molecular flexibility index (Phi) is 4.13. The number of carboxylic acids is 1. The van der Waals surface area contributed by atoms with Crippen molar-refractivity contribution < 1.29 is 24.5 Å². The van der Waals surface area contributed by atoms with Gasteiger partial charge in [0.25, 0.3) is 0 Å². The van der Waals surface area contributed by atoms with Crippen molar-refractivity contribution in [2.24, 2.45) is 0 Å². The van der Waals surface area contributed by atoms with Gasteiger partial charge in [-0.05, 0) is 19.1 Å². The van der Waals surface area contributed by atoms with Gasteiger partial charge >= 0.3 is 5.97 Å². The standard InChI is InChI=1S/C14H12N2O5/c1-8-12(18)11(6-17)9(5-16-8)7-21-13-10(14(19)20)3-2-4-15-13/h2-6,18H,7H2,1H3,(H,19,20). The normalized spacial score (nSPS) is 10.1. The maximum absolute atomic E-state index is 11.0. The zero-order chi connectivity index (χ0) is 15.4. The van der Waals surface area contributed by atoms with Crippen molar-refractivity contribution in [3.05, 3.63) is 46.9 Å². The van der Waals surface area contributed by atoms with Crippen molar-refractivity contribution in [3.63, 3.8) is 0 Å². The predicted molar refractivity (Wildman–Crippen MR) is 71.6 cm³/mol. The van der Waals surface area contributed by atoms with Crippen molar-refractivity contribution in [2.75, 3.05) is 0 Å². The molecular weight excluding hydrogens is 276 g/mol. The Morgan fingerprint density at radius 1 is 1.43 bits per heavy atom. The van der Waals surface area contributed by atoms with Crippen LogP contribution in [0.15, 0.2) is 24.5 Å². The number of aromatic carboxylic acids is 1. The smallest absolute Gasteiger partial charge is 0.341 e. The zero-order valence-corrected chi connectivity index (χ0v) is 11.1. The molecule has 0 aromatic carbocycles. The van der Waals surface area contributed by atoms with Crippen molar-refractivity contribution in [1.82, 2.24) is 9.97 Å². The van der Waals surface area contributed by atoms with Gasteiger partial charge in [0.2, 0.25) is 5.88 Å². The van der Waals surface area contributed by atoms with E-state index in [2.05, 4.69) is 9.97 Å². The molecule has 7 heteroatoms. The Morgan fingerprint density at radius 3 is 2.86 bits per heavy atom. The van der Waals surface area contributed by atoms with Gasteiger partial charge in [0.05, 0.1) is 11.3 Å². The summed E-state index contributed by atoms with van der Waals surface area (Å²) in [7, 11) is 0. The Morgan fingerprint density at radius 2 is 2.19 bits per heavy atom. The molecule has 0 bridgehead atoms. The first-order chi connectivity index (χ1) is 10.0. The van der Waals surface area contributed by atoms with E-state index in [1.807, 2.05) is 0 Å². The van der Waals surface area contributed by atoms with E-state index in [0.29, 0.717) is 17.5 Å². The molecule has 0 saturated carbocycles. The number of aromatic hydroxyl groups is 1. The highest BCUT2D eigenvalue weighted by molar-refractivity contribution is 5.90. The van der Waals surface area contributed by atoms with Gasteiger partial charge in [0.1, 0.15) is 17.9 Å². The Bertz CT molecular complexity index is 700. The number of pyridine rings is 2. The third-order valence-electron chi connectivity index (χ3n) is 2.84. The molecule has 2 aromatic heterocycles. The van der Waals surface area contributed by atoms with Crippen LogP contribution in [-0.2, 0) is 6.61 Å². The lowest BCUT2D eigenvalue weighted by Gasteiger charge is -2.10. The predicted octanol–water partition coefficient (Wildman–Crippen LogP) is 1.58. The van der Waals surface area contributed by atoms with E-state index in [1.165, 1.54) is 24.5 Å². The first kappa shape index (κ1) is 14.4. The van der Waals surface area contributed by atoms with Gasteiger partial charge in [0.15, 0.2) is 6.29 Å². The minimum atomic E-state index is -1.17. The second-order valence-corrected chi connectivity index (χ2v) is 4.20. The summed E-state index contributed by atoms with van der Waals surface area (Å²) in [6, 6.07) is 2.84. The van der Waals surface area contributed by atoms with Crippen LogP contribution in [0.1, 0.15) is 32.0 Å². The highest BCUT2D eigenvalue weighted by Crippen LogP contribution is 2.23. The third kappa shape index (κ3) is 2.97. The SMILES string of the molecule is Cc1ncc(COc2ncccc2C(=O)O)c(C=O)c1O. The molecule has 0 fully saturated rings. The summed E-state index contributed by atoms with van der Waals surface area (Å²) >= 11 is 0. The summed E-state index contributed by atoms with van der Waals surface area (Å²) in [6.45, 7) is 1.43. The third-order valence-corrected chi connectivity index (χ3v) is 2.84. The lowest BCUT2D eigenvalue weighted by atomic mass is 10.1. The van der Waals surface area contributed by atoms with E-state index in [0.717, 1.165) is 0 Å². The van der Waals surface area contributed by atoms with Crippen LogP contribution in [0.4, 0.5) is 0 Å². The average molecular weight is 288 g/mol. The second-order valence-electron chi connectivity index (χ2n) is 4.20. The molecule has 0 amide bonds. The number of ether oxygens (including phenoxy) is 1. The molecule has 2 rings (SSSR count). The lowest BCUT2D eigenvalue weighted by molar-refractivity contribution is 0.0690. The molecular formula is C14H12N2O5. The molecule has 0 spiro atoms. The fourth-order valence-corrected chi connectivity index (χ4v) is 1.71. The van der Waals surface area contributed by atoms with Gasteiger partial charge < -0.3 is 14.9 Å². The van der Waals surface area contributed by atoms with Crippen LogP contribution < -0.4 is 4.74 Å². The monoisotopic (exact) mass is 288 g/mol. The fourth-order valence-electron chi connectivity index (χ4n) is 1.71. The molecule has 2 aromatic rings. The maximum atomic E-state index is 11.0. The van der Waals surface area contributed by atoms with Gasteiger partial charge in [-0.25, -0.2) is 9.78 Å². The summed E-state index contributed by atoms with van der Waals surface area (Å²) in [5, 5.41) is 18.8. The molecule has 21 heavy (non-hydrogen) atoms. The maximum Gasteiger partial charge on any atom is 0.341 e. The number of rotatable bonds is 5. The number of carbonyl (C=O) groups is 2. The van der Waals surface area contributed by atoms with E-state index in [1.54, 1.807) is 6.92 Å². The highest BCUT2D eigenvalue weighted by Gasteiger charge is 2.15. The van der Waals surface area contributed by atoms with Gasteiger partial charge in [0, 0.05) is 18.0 Å². The van der Waals surface area contributed by atoms with Crippen LogP contribution in [0.2, 0.25) is 0 Å². The summed E-state index contributed by atoms with van der Waals surface area (Å²) in [5.41, 5.74) is 0.643. The molecule has 0 aliphatic rings. The van der Waals surface area contributed by atoms with E-state index in [9.17, 15) is 14.7 Å². The summed E-state index contributed by atoms with van der Waals surface area (Å²) in [5.74, 6) is -1.45. The largest absolute Gasteiger partial charge is 0.505 e. The molecule has 2 N–H and O–H groups in total. The molecule has 0 aliphatic heterocycles. The van der Waals surface area contributed by atoms with Crippen LogP contribution in [0, 0.1) is 6.92 Å². The lowest BCUT2D eigenvalue weighted by Crippen LogP contribution is -2.07. The molecule has 7 nitrogen and oxygen atoms in total.